The Balaban J connectivity index is 1.72. The van der Waals surface area contributed by atoms with Crippen LogP contribution in [0.15, 0.2) is 28.9 Å². The fourth-order valence-corrected chi connectivity index (χ4v) is 2.80. The Morgan fingerprint density at radius 3 is 3.00 bits per heavy atom. The highest BCUT2D eigenvalue weighted by Gasteiger charge is 2.28. The number of furan rings is 1. The molecule has 1 fully saturated rings. The van der Waals surface area contributed by atoms with E-state index in [1.807, 2.05) is 19.1 Å². The van der Waals surface area contributed by atoms with E-state index >= 15 is 0 Å². The molecule has 6 nitrogen and oxygen atoms in total. The number of benzene rings is 1. The molecular formula is C16H18N2O4. The SMILES string of the molecule is Cc1coc2ccc(NC(=O)N3CCCC(C(=O)O)C3)cc12. The second kappa shape index (κ2) is 5.71. The molecular weight excluding hydrogens is 284 g/mol. The molecule has 2 N–H and O–H groups in total. The minimum absolute atomic E-state index is 0.258. The van der Waals surface area contributed by atoms with Gasteiger partial charge in [0, 0.05) is 24.2 Å². The molecule has 1 aliphatic rings. The van der Waals surface area contributed by atoms with E-state index < -0.39 is 11.9 Å². The zero-order valence-corrected chi connectivity index (χ0v) is 12.3. The van der Waals surface area contributed by atoms with E-state index in [0.29, 0.717) is 25.1 Å². The lowest BCUT2D eigenvalue weighted by Gasteiger charge is -2.30. The average Bonchev–Trinajstić information content (AvgIpc) is 2.88. The Labute approximate surface area is 127 Å². The number of nitrogens with one attached hydrogen (secondary N) is 1. The second-order valence-electron chi connectivity index (χ2n) is 5.68. The number of urea groups is 1. The van der Waals surface area contributed by atoms with Crippen LogP contribution in [-0.2, 0) is 4.79 Å². The van der Waals surface area contributed by atoms with Crippen LogP contribution in [0.3, 0.4) is 0 Å². The second-order valence-corrected chi connectivity index (χ2v) is 5.68. The number of likely N-dealkylation sites (tertiary alicyclic amines) is 1. The first-order chi connectivity index (χ1) is 10.5. The summed E-state index contributed by atoms with van der Waals surface area (Å²) in [5.74, 6) is -1.31. The Hall–Kier alpha value is -2.50. The summed E-state index contributed by atoms with van der Waals surface area (Å²) >= 11 is 0. The van der Waals surface area contributed by atoms with E-state index in [4.69, 9.17) is 9.52 Å². The number of carboxylic acids is 1. The number of nitrogens with zero attached hydrogens (tertiary/aromatic N) is 1. The molecule has 0 saturated carbocycles. The van der Waals surface area contributed by atoms with Crippen molar-refractivity contribution in [3.63, 3.8) is 0 Å². The molecule has 1 aromatic carbocycles. The topological polar surface area (TPSA) is 82.8 Å². The van der Waals surface area contributed by atoms with E-state index in [2.05, 4.69) is 5.32 Å². The van der Waals surface area contributed by atoms with Gasteiger partial charge in [-0.25, -0.2) is 4.79 Å². The van der Waals surface area contributed by atoms with Crippen LogP contribution in [0, 0.1) is 12.8 Å². The lowest BCUT2D eigenvalue weighted by Crippen LogP contribution is -2.44. The molecule has 3 rings (SSSR count). The molecule has 1 unspecified atom stereocenters. The zero-order chi connectivity index (χ0) is 15.7. The lowest BCUT2D eigenvalue weighted by molar-refractivity contribution is -0.143. The van der Waals surface area contributed by atoms with Gasteiger partial charge in [0.05, 0.1) is 12.2 Å². The first-order valence-electron chi connectivity index (χ1n) is 7.31. The summed E-state index contributed by atoms with van der Waals surface area (Å²) in [5, 5.41) is 12.9. The van der Waals surface area contributed by atoms with Gasteiger partial charge < -0.3 is 19.7 Å². The molecule has 2 heterocycles. The molecule has 6 heteroatoms. The number of rotatable bonds is 2. The molecule has 22 heavy (non-hydrogen) atoms. The Kier molecular flexibility index (Phi) is 3.75. The van der Waals surface area contributed by atoms with Gasteiger partial charge in [0.25, 0.3) is 0 Å². The summed E-state index contributed by atoms with van der Waals surface area (Å²) < 4.78 is 5.38. The van der Waals surface area contributed by atoms with E-state index in [1.54, 1.807) is 17.2 Å². The maximum absolute atomic E-state index is 12.3. The molecule has 0 aliphatic carbocycles. The largest absolute Gasteiger partial charge is 0.481 e. The van der Waals surface area contributed by atoms with E-state index in [1.165, 1.54) is 0 Å². The molecule has 0 spiro atoms. The van der Waals surface area contributed by atoms with E-state index in [-0.39, 0.29) is 12.6 Å². The van der Waals surface area contributed by atoms with E-state index in [9.17, 15) is 9.59 Å². The smallest absolute Gasteiger partial charge is 0.321 e. The third kappa shape index (κ3) is 2.77. The van der Waals surface area contributed by atoms with Crippen LogP contribution in [0.2, 0.25) is 0 Å². The van der Waals surface area contributed by atoms with Crippen molar-refractivity contribution >= 4 is 28.7 Å². The van der Waals surface area contributed by atoms with Crippen molar-refractivity contribution in [2.75, 3.05) is 18.4 Å². The van der Waals surface area contributed by atoms with Gasteiger partial charge in [0.2, 0.25) is 0 Å². The number of aryl methyl sites for hydroxylation is 1. The van der Waals surface area contributed by atoms with Crippen molar-refractivity contribution in [1.82, 2.24) is 4.90 Å². The number of aliphatic carboxylic acids is 1. The quantitative estimate of drug-likeness (QED) is 0.893. The van der Waals surface area contributed by atoms with Crippen LogP contribution in [0.5, 0.6) is 0 Å². The highest BCUT2D eigenvalue weighted by Crippen LogP contribution is 2.24. The molecule has 0 radical (unpaired) electrons. The summed E-state index contributed by atoms with van der Waals surface area (Å²) in [6.45, 7) is 2.79. The number of carbonyl (C=O) groups excluding carboxylic acids is 1. The summed E-state index contributed by atoms with van der Waals surface area (Å²) in [7, 11) is 0. The zero-order valence-electron chi connectivity index (χ0n) is 12.3. The molecule has 1 aliphatic heterocycles. The van der Waals surface area contributed by atoms with Crippen molar-refractivity contribution in [3.05, 3.63) is 30.0 Å². The van der Waals surface area contributed by atoms with Crippen LogP contribution in [0.25, 0.3) is 11.0 Å². The minimum atomic E-state index is -0.840. The molecule has 2 amide bonds. The number of hydrogen-bond acceptors (Lipinski definition) is 3. The summed E-state index contributed by atoms with van der Waals surface area (Å²) in [4.78, 5) is 24.9. The van der Waals surface area contributed by atoms with Crippen LogP contribution in [0.1, 0.15) is 18.4 Å². The van der Waals surface area contributed by atoms with Crippen molar-refractivity contribution in [2.24, 2.45) is 5.92 Å². The number of anilines is 1. The minimum Gasteiger partial charge on any atom is -0.481 e. The predicted molar refractivity (Wildman–Crippen MR) is 81.9 cm³/mol. The molecule has 1 atom stereocenters. The van der Waals surface area contributed by atoms with Gasteiger partial charge in [0.15, 0.2) is 0 Å². The highest BCUT2D eigenvalue weighted by molar-refractivity contribution is 5.93. The molecule has 116 valence electrons. The number of fused-ring (bicyclic) bond motifs is 1. The summed E-state index contributed by atoms with van der Waals surface area (Å²) in [6.07, 6.45) is 3.02. The van der Waals surface area contributed by atoms with Gasteiger partial charge >= 0.3 is 12.0 Å². The van der Waals surface area contributed by atoms with Gasteiger partial charge in [-0.1, -0.05) is 0 Å². The van der Waals surface area contributed by atoms with Crippen molar-refractivity contribution in [1.29, 1.82) is 0 Å². The summed E-state index contributed by atoms with van der Waals surface area (Å²) in [6, 6.07) is 5.20. The van der Waals surface area contributed by atoms with Crippen LogP contribution in [0.4, 0.5) is 10.5 Å². The van der Waals surface area contributed by atoms with Crippen molar-refractivity contribution in [2.45, 2.75) is 19.8 Å². The van der Waals surface area contributed by atoms with Gasteiger partial charge in [-0.15, -0.1) is 0 Å². The molecule has 2 aromatic rings. The highest BCUT2D eigenvalue weighted by atomic mass is 16.4. The molecule has 0 bridgehead atoms. The van der Waals surface area contributed by atoms with Gasteiger partial charge in [-0.3, -0.25) is 4.79 Å². The molecule has 1 aromatic heterocycles. The van der Waals surface area contributed by atoms with Crippen LogP contribution < -0.4 is 5.32 Å². The van der Waals surface area contributed by atoms with Crippen molar-refractivity contribution < 1.29 is 19.1 Å². The number of piperidine rings is 1. The number of hydrogen-bond donors (Lipinski definition) is 2. The number of carbonyl (C=O) groups is 2. The Morgan fingerprint density at radius 1 is 1.41 bits per heavy atom. The van der Waals surface area contributed by atoms with Gasteiger partial charge in [-0.2, -0.15) is 0 Å². The predicted octanol–water partition coefficient (Wildman–Crippen LogP) is 3.07. The normalized spacial score (nSPS) is 18.4. The van der Waals surface area contributed by atoms with Gasteiger partial charge in [0.1, 0.15) is 5.58 Å². The maximum Gasteiger partial charge on any atom is 0.321 e. The fourth-order valence-electron chi connectivity index (χ4n) is 2.80. The fraction of sp³-hybridized carbons (Fsp3) is 0.375. The Bertz CT molecular complexity index is 722. The third-order valence-corrected chi connectivity index (χ3v) is 4.08. The van der Waals surface area contributed by atoms with Gasteiger partial charge in [-0.05, 0) is 43.5 Å². The van der Waals surface area contributed by atoms with Crippen LogP contribution >= 0.6 is 0 Å². The first-order valence-corrected chi connectivity index (χ1v) is 7.31. The van der Waals surface area contributed by atoms with Crippen molar-refractivity contribution in [3.8, 4) is 0 Å². The summed E-state index contributed by atoms with van der Waals surface area (Å²) in [5.41, 5.74) is 2.47. The maximum atomic E-state index is 12.3. The number of carboxylic acid groups (broad SMARTS) is 1. The van der Waals surface area contributed by atoms with E-state index in [0.717, 1.165) is 16.5 Å². The third-order valence-electron chi connectivity index (χ3n) is 4.08. The number of amides is 2. The Morgan fingerprint density at radius 2 is 2.23 bits per heavy atom. The van der Waals surface area contributed by atoms with Crippen LogP contribution in [-0.4, -0.2) is 35.1 Å². The average molecular weight is 302 g/mol. The molecule has 1 saturated heterocycles. The lowest BCUT2D eigenvalue weighted by atomic mass is 9.99. The monoisotopic (exact) mass is 302 g/mol. The standard InChI is InChI=1S/C16H18N2O4/c1-10-9-22-14-5-4-12(7-13(10)14)17-16(21)18-6-2-3-11(8-18)15(19)20/h4-5,7,9,11H,2-3,6,8H2,1H3,(H,17,21)(H,19,20). The first kappa shape index (κ1) is 14.4.